The summed E-state index contributed by atoms with van der Waals surface area (Å²) in [5.74, 6) is 1.84. The van der Waals surface area contributed by atoms with E-state index in [1.165, 1.54) is 24.9 Å². The number of hydrogen-bond acceptors (Lipinski definition) is 5. The molecule has 1 saturated heterocycles. The van der Waals surface area contributed by atoms with Crippen LogP contribution in [0, 0.1) is 12.8 Å². The van der Waals surface area contributed by atoms with E-state index >= 15 is 0 Å². The number of nitrogens with zero attached hydrogens (tertiary/aromatic N) is 4. The lowest BCUT2D eigenvalue weighted by Gasteiger charge is -2.34. The van der Waals surface area contributed by atoms with Gasteiger partial charge in [0.15, 0.2) is 0 Å². The van der Waals surface area contributed by atoms with E-state index in [0.29, 0.717) is 29.6 Å². The Bertz CT molecular complexity index is 1400. The fourth-order valence-corrected chi connectivity index (χ4v) is 5.38. The van der Waals surface area contributed by atoms with E-state index in [0.717, 1.165) is 41.2 Å². The topological polar surface area (TPSA) is 71.0 Å². The Balaban J connectivity index is 1.25. The van der Waals surface area contributed by atoms with Gasteiger partial charge < -0.3 is 10.2 Å². The number of pyridine rings is 1. The molecule has 1 aliphatic heterocycles. The summed E-state index contributed by atoms with van der Waals surface area (Å²) in [5, 5.41) is 3.08. The van der Waals surface area contributed by atoms with Crippen molar-refractivity contribution in [1.29, 1.82) is 0 Å². The molecular formula is C33H37N5O. The fourth-order valence-electron chi connectivity index (χ4n) is 5.38. The normalized spacial score (nSPS) is 15.8. The molecule has 0 saturated carbocycles. The van der Waals surface area contributed by atoms with Crippen LogP contribution in [0.4, 0.5) is 5.69 Å². The lowest BCUT2D eigenvalue weighted by molar-refractivity contribution is 0.102. The first-order valence-electron chi connectivity index (χ1n) is 13.9. The number of rotatable bonds is 8. The van der Waals surface area contributed by atoms with Gasteiger partial charge in [0.2, 0.25) is 0 Å². The van der Waals surface area contributed by atoms with Crippen LogP contribution in [0.15, 0.2) is 79.3 Å². The molecule has 6 nitrogen and oxygen atoms in total. The minimum absolute atomic E-state index is 0.116. The number of amides is 1. The molecule has 1 N–H and O–H groups in total. The van der Waals surface area contributed by atoms with E-state index in [2.05, 4.69) is 46.2 Å². The first-order valence-corrected chi connectivity index (χ1v) is 13.9. The second kappa shape index (κ2) is 12.3. The van der Waals surface area contributed by atoms with Crippen LogP contribution in [0.2, 0.25) is 0 Å². The zero-order valence-corrected chi connectivity index (χ0v) is 23.1. The summed E-state index contributed by atoms with van der Waals surface area (Å²) in [6.45, 7) is 10.1. The first kappa shape index (κ1) is 26.7. The number of carbonyl (C=O) groups is 1. The minimum Gasteiger partial charge on any atom is -0.322 e. The predicted octanol–water partition coefficient (Wildman–Crippen LogP) is 6.53. The summed E-state index contributed by atoms with van der Waals surface area (Å²) in [6, 6.07) is 20.0. The fraction of sp³-hybridized carbons (Fsp3) is 0.333. The second-order valence-electron chi connectivity index (χ2n) is 11.0. The highest BCUT2D eigenvalue weighted by atomic mass is 16.1. The van der Waals surface area contributed by atoms with Gasteiger partial charge in [-0.3, -0.25) is 9.78 Å². The predicted molar refractivity (Wildman–Crippen MR) is 157 cm³/mol. The van der Waals surface area contributed by atoms with Gasteiger partial charge in [0, 0.05) is 54.9 Å². The summed E-state index contributed by atoms with van der Waals surface area (Å²) in [6.07, 6.45) is 8.33. The van der Waals surface area contributed by atoms with Gasteiger partial charge in [0.1, 0.15) is 5.82 Å². The summed E-state index contributed by atoms with van der Waals surface area (Å²) < 4.78 is 0. The van der Waals surface area contributed by atoms with Crippen LogP contribution >= 0.6 is 0 Å². The number of anilines is 1. The van der Waals surface area contributed by atoms with Gasteiger partial charge in [-0.15, -0.1) is 0 Å². The average molecular weight is 520 g/mol. The molecule has 1 amide bonds. The highest BCUT2D eigenvalue weighted by Gasteiger charge is 2.22. The lowest BCUT2D eigenvalue weighted by atomic mass is 9.90. The van der Waals surface area contributed by atoms with Crippen molar-refractivity contribution in [1.82, 2.24) is 19.9 Å². The lowest BCUT2D eigenvalue weighted by Crippen LogP contribution is -2.36. The van der Waals surface area contributed by atoms with Gasteiger partial charge in [-0.2, -0.15) is 0 Å². The molecule has 200 valence electrons. The van der Waals surface area contributed by atoms with Crippen LogP contribution in [0.5, 0.6) is 0 Å². The Morgan fingerprint density at radius 2 is 1.92 bits per heavy atom. The Morgan fingerprint density at radius 3 is 2.69 bits per heavy atom. The maximum absolute atomic E-state index is 13.1. The highest BCUT2D eigenvalue weighted by molar-refractivity contribution is 6.04. The first-order chi connectivity index (χ1) is 18.9. The van der Waals surface area contributed by atoms with Gasteiger partial charge in [-0.1, -0.05) is 32.0 Å². The summed E-state index contributed by atoms with van der Waals surface area (Å²) in [5.41, 5.74) is 6.72. The Morgan fingerprint density at radius 1 is 1.08 bits per heavy atom. The monoisotopic (exact) mass is 519 g/mol. The number of nitrogens with one attached hydrogen (secondary N) is 1. The van der Waals surface area contributed by atoms with Crippen LogP contribution in [-0.4, -0.2) is 45.4 Å². The number of benzene rings is 2. The number of carbonyl (C=O) groups excluding carboxylic acids is 1. The molecular weight excluding hydrogens is 482 g/mol. The number of hydrogen-bond donors (Lipinski definition) is 1. The molecule has 3 heterocycles. The number of likely N-dealkylation sites (tertiary alicyclic amines) is 1. The third-order valence-corrected chi connectivity index (χ3v) is 7.39. The molecule has 2 aromatic heterocycles. The van der Waals surface area contributed by atoms with Crippen molar-refractivity contribution in [2.75, 3.05) is 25.0 Å². The highest BCUT2D eigenvalue weighted by Crippen LogP contribution is 2.28. The molecule has 1 fully saturated rings. The Kier molecular flexibility index (Phi) is 8.42. The number of aryl methyl sites for hydroxylation is 1. The van der Waals surface area contributed by atoms with E-state index in [4.69, 9.17) is 4.98 Å². The Labute approximate surface area is 231 Å². The molecule has 6 heteroatoms. The molecule has 0 bridgehead atoms. The Hall–Kier alpha value is -3.90. The van der Waals surface area contributed by atoms with Crippen LogP contribution in [0.3, 0.4) is 0 Å². The zero-order valence-electron chi connectivity index (χ0n) is 23.1. The van der Waals surface area contributed by atoms with Crippen LogP contribution in [0.25, 0.3) is 11.3 Å². The van der Waals surface area contributed by atoms with Gasteiger partial charge >= 0.3 is 0 Å². The van der Waals surface area contributed by atoms with E-state index in [1.54, 1.807) is 18.6 Å². The molecule has 5 rings (SSSR count). The summed E-state index contributed by atoms with van der Waals surface area (Å²) in [4.78, 5) is 29.1. The summed E-state index contributed by atoms with van der Waals surface area (Å²) >= 11 is 0. The number of piperidine rings is 1. The molecule has 0 aliphatic carbocycles. The minimum atomic E-state index is -0.116. The van der Waals surface area contributed by atoms with Gasteiger partial charge in [0.05, 0.1) is 5.69 Å². The SMILES string of the molecule is Cc1ccc(C(=O)Nc2ccc(C3CCCN(CC(C)C)C3)cc2)cc1Cc1nccc(-c2cccnc2)n1. The van der Waals surface area contributed by atoms with Gasteiger partial charge in [-0.05, 0) is 97.3 Å². The van der Waals surface area contributed by atoms with E-state index in [9.17, 15) is 4.79 Å². The van der Waals surface area contributed by atoms with Crippen molar-refractivity contribution in [2.24, 2.45) is 5.92 Å². The van der Waals surface area contributed by atoms with Crippen LogP contribution < -0.4 is 5.32 Å². The van der Waals surface area contributed by atoms with Crippen molar-refractivity contribution in [2.45, 2.75) is 46.0 Å². The average Bonchev–Trinajstić information content (AvgIpc) is 2.95. The van der Waals surface area contributed by atoms with Crippen molar-refractivity contribution < 1.29 is 4.79 Å². The molecule has 1 aliphatic rings. The third-order valence-electron chi connectivity index (χ3n) is 7.39. The summed E-state index contributed by atoms with van der Waals surface area (Å²) in [7, 11) is 0. The van der Waals surface area contributed by atoms with Crippen molar-refractivity contribution in [3.05, 3.63) is 107 Å². The van der Waals surface area contributed by atoms with E-state index < -0.39 is 0 Å². The van der Waals surface area contributed by atoms with Crippen LogP contribution in [-0.2, 0) is 6.42 Å². The number of aromatic nitrogens is 3. The molecule has 0 spiro atoms. The molecule has 1 atom stereocenters. The van der Waals surface area contributed by atoms with E-state index in [-0.39, 0.29) is 5.91 Å². The van der Waals surface area contributed by atoms with E-state index in [1.807, 2.05) is 55.5 Å². The quantitative estimate of drug-likeness (QED) is 0.287. The van der Waals surface area contributed by atoms with Crippen molar-refractivity contribution in [3.63, 3.8) is 0 Å². The molecule has 2 aromatic carbocycles. The molecule has 4 aromatic rings. The molecule has 0 radical (unpaired) electrons. The largest absolute Gasteiger partial charge is 0.322 e. The second-order valence-corrected chi connectivity index (χ2v) is 11.0. The van der Waals surface area contributed by atoms with Gasteiger partial charge in [0.25, 0.3) is 5.91 Å². The molecule has 39 heavy (non-hydrogen) atoms. The van der Waals surface area contributed by atoms with Crippen molar-refractivity contribution in [3.8, 4) is 11.3 Å². The van der Waals surface area contributed by atoms with Crippen LogP contribution in [0.1, 0.15) is 65.5 Å². The standard InChI is InChI=1S/C33H37N5O/c1-23(2)21-38-17-5-7-28(22-38)25-10-12-30(13-11-25)36-33(39)26-9-8-24(3)29(18-26)19-32-35-16-14-31(37-32)27-6-4-15-34-20-27/h4,6,8-16,18,20,23,28H,5,7,17,19,21-22H2,1-3H3,(H,36,39). The maximum atomic E-state index is 13.1. The zero-order chi connectivity index (χ0) is 27.2. The third kappa shape index (κ3) is 6.95. The van der Waals surface area contributed by atoms with Gasteiger partial charge in [-0.25, -0.2) is 9.97 Å². The smallest absolute Gasteiger partial charge is 0.255 e. The van der Waals surface area contributed by atoms with Crippen molar-refractivity contribution >= 4 is 11.6 Å². The molecule has 1 unspecified atom stereocenters. The maximum Gasteiger partial charge on any atom is 0.255 e.